The molecule has 1 unspecified atom stereocenters. The molecule has 0 radical (unpaired) electrons. The SMILES string of the molecule is CC1C(=O)CN(Nc2ccc(C#N)cc2)c2nc(-n3ccnc3)ncc21. The van der Waals surface area contributed by atoms with Gasteiger partial charge in [0, 0.05) is 30.1 Å². The van der Waals surface area contributed by atoms with Gasteiger partial charge in [0.1, 0.15) is 12.9 Å². The summed E-state index contributed by atoms with van der Waals surface area (Å²) in [6, 6.07) is 9.10. The molecule has 4 rings (SSSR count). The summed E-state index contributed by atoms with van der Waals surface area (Å²) in [5.74, 6) is 0.952. The maximum Gasteiger partial charge on any atom is 0.236 e. The molecule has 8 heteroatoms. The van der Waals surface area contributed by atoms with Crippen LogP contribution in [0.25, 0.3) is 5.95 Å². The van der Waals surface area contributed by atoms with Gasteiger partial charge in [-0.2, -0.15) is 10.2 Å². The fourth-order valence-electron chi connectivity index (χ4n) is 2.81. The molecule has 1 atom stereocenters. The second-order valence-corrected chi connectivity index (χ2v) is 5.99. The topological polar surface area (TPSA) is 99.7 Å². The molecule has 26 heavy (non-hydrogen) atoms. The van der Waals surface area contributed by atoms with Crippen LogP contribution in [-0.4, -0.2) is 31.8 Å². The lowest BCUT2D eigenvalue weighted by Crippen LogP contribution is -2.42. The molecule has 1 N–H and O–H groups in total. The van der Waals surface area contributed by atoms with Crippen molar-refractivity contribution in [1.29, 1.82) is 5.26 Å². The number of imidazole rings is 1. The number of nitriles is 1. The average molecular weight is 345 g/mol. The van der Waals surface area contributed by atoms with Gasteiger partial charge in [0.15, 0.2) is 11.6 Å². The summed E-state index contributed by atoms with van der Waals surface area (Å²) in [5, 5.41) is 10.6. The van der Waals surface area contributed by atoms with E-state index in [1.807, 2.05) is 6.92 Å². The molecule has 0 saturated heterocycles. The zero-order valence-electron chi connectivity index (χ0n) is 14.0. The maximum absolute atomic E-state index is 12.4. The number of carbonyl (C=O) groups is 1. The van der Waals surface area contributed by atoms with Gasteiger partial charge in [0.25, 0.3) is 0 Å². The Morgan fingerprint density at radius 1 is 1.31 bits per heavy atom. The Morgan fingerprint density at radius 2 is 2.12 bits per heavy atom. The predicted molar refractivity (Wildman–Crippen MR) is 94.7 cm³/mol. The Labute approximate surface area is 149 Å². The molecule has 0 bridgehead atoms. The van der Waals surface area contributed by atoms with Crippen LogP contribution in [0, 0.1) is 11.3 Å². The van der Waals surface area contributed by atoms with E-state index < -0.39 is 0 Å². The second-order valence-electron chi connectivity index (χ2n) is 5.99. The quantitative estimate of drug-likeness (QED) is 0.775. The molecule has 1 aromatic carbocycles. The van der Waals surface area contributed by atoms with E-state index in [9.17, 15) is 4.79 Å². The number of carbonyl (C=O) groups excluding carboxylic acids is 1. The molecule has 0 spiro atoms. The highest BCUT2D eigenvalue weighted by atomic mass is 16.1. The zero-order valence-corrected chi connectivity index (χ0v) is 14.0. The molecular formula is C18H15N7O. The van der Waals surface area contributed by atoms with Crippen molar-refractivity contribution < 1.29 is 4.79 Å². The third-order valence-electron chi connectivity index (χ3n) is 4.32. The highest BCUT2D eigenvalue weighted by molar-refractivity contribution is 5.93. The van der Waals surface area contributed by atoms with Crippen molar-refractivity contribution in [2.45, 2.75) is 12.8 Å². The molecule has 128 valence electrons. The van der Waals surface area contributed by atoms with Gasteiger partial charge in [-0.3, -0.25) is 19.8 Å². The third-order valence-corrected chi connectivity index (χ3v) is 4.32. The number of hydrogen-bond donors (Lipinski definition) is 1. The van der Waals surface area contributed by atoms with Gasteiger partial charge in [-0.05, 0) is 24.3 Å². The van der Waals surface area contributed by atoms with Crippen LogP contribution in [0.1, 0.15) is 24.0 Å². The molecule has 1 aliphatic rings. The first-order valence-corrected chi connectivity index (χ1v) is 8.08. The number of ketones is 1. The van der Waals surface area contributed by atoms with E-state index in [1.54, 1.807) is 58.8 Å². The van der Waals surface area contributed by atoms with Crippen LogP contribution < -0.4 is 10.4 Å². The molecule has 3 aromatic rings. The Morgan fingerprint density at radius 3 is 2.81 bits per heavy atom. The number of fused-ring (bicyclic) bond motifs is 1. The van der Waals surface area contributed by atoms with Gasteiger partial charge < -0.3 is 0 Å². The number of anilines is 2. The zero-order chi connectivity index (χ0) is 18.1. The summed E-state index contributed by atoms with van der Waals surface area (Å²) in [5.41, 5.74) is 5.31. The number of hydrazine groups is 1. The number of Topliss-reactive ketones (excluding diaryl/α,β-unsaturated/α-hetero) is 1. The van der Waals surface area contributed by atoms with Gasteiger partial charge in [0.2, 0.25) is 5.95 Å². The van der Waals surface area contributed by atoms with E-state index in [0.29, 0.717) is 17.3 Å². The summed E-state index contributed by atoms with van der Waals surface area (Å²) in [4.78, 5) is 25.4. The first kappa shape index (κ1) is 15.8. The molecule has 2 aromatic heterocycles. The first-order chi connectivity index (χ1) is 12.7. The lowest BCUT2D eigenvalue weighted by atomic mass is 9.95. The standard InChI is InChI=1S/C18H15N7O/c1-12-15-9-21-18(24-7-6-20-11-24)22-17(15)25(10-16(12)26)23-14-4-2-13(8-19)3-5-14/h2-7,9,11-12,23H,10H2,1H3. The lowest BCUT2D eigenvalue weighted by Gasteiger charge is -2.32. The van der Waals surface area contributed by atoms with E-state index in [4.69, 9.17) is 5.26 Å². The van der Waals surface area contributed by atoms with Crippen molar-refractivity contribution in [2.24, 2.45) is 0 Å². The molecule has 0 aliphatic carbocycles. The second kappa shape index (κ2) is 6.29. The Kier molecular flexibility index (Phi) is 3.82. The van der Waals surface area contributed by atoms with Gasteiger partial charge in [-0.25, -0.2) is 9.97 Å². The summed E-state index contributed by atoms with van der Waals surface area (Å²) < 4.78 is 1.71. The minimum absolute atomic E-state index is 0.0811. The summed E-state index contributed by atoms with van der Waals surface area (Å²) >= 11 is 0. The van der Waals surface area contributed by atoms with E-state index >= 15 is 0 Å². The van der Waals surface area contributed by atoms with Crippen LogP contribution in [0.5, 0.6) is 0 Å². The number of hydrogen-bond acceptors (Lipinski definition) is 7. The molecule has 1 aliphatic heterocycles. The van der Waals surface area contributed by atoms with Crippen molar-refractivity contribution in [3.05, 3.63) is 60.3 Å². The van der Waals surface area contributed by atoms with Gasteiger partial charge in [-0.15, -0.1) is 0 Å². The van der Waals surface area contributed by atoms with Crippen molar-refractivity contribution in [2.75, 3.05) is 17.0 Å². The monoisotopic (exact) mass is 345 g/mol. The Bertz CT molecular complexity index is 989. The average Bonchev–Trinajstić information content (AvgIpc) is 3.21. The van der Waals surface area contributed by atoms with E-state index in [-0.39, 0.29) is 18.2 Å². The van der Waals surface area contributed by atoms with E-state index in [2.05, 4.69) is 26.4 Å². The first-order valence-electron chi connectivity index (χ1n) is 8.08. The van der Waals surface area contributed by atoms with Crippen LogP contribution in [-0.2, 0) is 4.79 Å². The number of nitrogens with zero attached hydrogens (tertiary/aromatic N) is 6. The molecule has 0 amide bonds. The summed E-state index contributed by atoms with van der Waals surface area (Å²) in [7, 11) is 0. The molecule has 0 fully saturated rings. The summed E-state index contributed by atoms with van der Waals surface area (Å²) in [6.07, 6.45) is 6.73. The Balaban J connectivity index is 1.71. The fourth-order valence-corrected chi connectivity index (χ4v) is 2.81. The van der Waals surface area contributed by atoms with Crippen molar-refractivity contribution >= 4 is 17.3 Å². The van der Waals surface area contributed by atoms with Crippen molar-refractivity contribution in [3.63, 3.8) is 0 Å². The number of aromatic nitrogens is 4. The summed E-state index contributed by atoms with van der Waals surface area (Å²) in [6.45, 7) is 2.05. The molecule has 8 nitrogen and oxygen atoms in total. The van der Waals surface area contributed by atoms with Gasteiger partial charge >= 0.3 is 0 Å². The van der Waals surface area contributed by atoms with Crippen LogP contribution in [0.15, 0.2) is 49.2 Å². The van der Waals surface area contributed by atoms with Crippen molar-refractivity contribution in [1.82, 2.24) is 19.5 Å². The Hall–Kier alpha value is -3.73. The normalized spacial score (nSPS) is 16.1. The van der Waals surface area contributed by atoms with Gasteiger partial charge in [0.05, 0.1) is 17.3 Å². The molecule has 3 heterocycles. The van der Waals surface area contributed by atoms with Crippen LogP contribution in [0.3, 0.4) is 0 Å². The van der Waals surface area contributed by atoms with E-state index in [1.165, 1.54) is 0 Å². The number of nitrogens with one attached hydrogen (secondary N) is 1. The third kappa shape index (κ3) is 2.75. The maximum atomic E-state index is 12.4. The smallest absolute Gasteiger partial charge is 0.236 e. The van der Waals surface area contributed by atoms with E-state index in [0.717, 1.165) is 11.3 Å². The highest BCUT2D eigenvalue weighted by Gasteiger charge is 2.31. The molecule has 0 saturated carbocycles. The van der Waals surface area contributed by atoms with Crippen LogP contribution in [0.4, 0.5) is 11.5 Å². The molecular weight excluding hydrogens is 330 g/mol. The predicted octanol–water partition coefficient (Wildman–Crippen LogP) is 2.05. The van der Waals surface area contributed by atoms with Crippen molar-refractivity contribution in [3.8, 4) is 12.0 Å². The minimum atomic E-state index is -0.263. The number of benzene rings is 1. The number of rotatable bonds is 3. The van der Waals surface area contributed by atoms with Gasteiger partial charge in [-0.1, -0.05) is 6.92 Å². The fraction of sp³-hybridized carbons (Fsp3) is 0.167. The largest absolute Gasteiger partial charge is 0.297 e. The highest BCUT2D eigenvalue weighted by Crippen LogP contribution is 2.31. The minimum Gasteiger partial charge on any atom is -0.297 e. The van der Waals surface area contributed by atoms with Crippen LogP contribution >= 0.6 is 0 Å². The lowest BCUT2D eigenvalue weighted by molar-refractivity contribution is -0.119. The van der Waals surface area contributed by atoms with Crippen LogP contribution in [0.2, 0.25) is 0 Å².